The third-order valence-electron chi connectivity index (χ3n) is 7.72. The summed E-state index contributed by atoms with van der Waals surface area (Å²) in [5.41, 5.74) is -0.736. The second-order valence-corrected chi connectivity index (χ2v) is 9.66. The van der Waals surface area contributed by atoms with Crippen LogP contribution in [0.2, 0.25) is 0 Å². The normalized spacial score (nSPS) is 29.3. The van der Waals surface area contributed by atoms with E-state index < -0.39 is 11.4 Å². The molecule has 5 heteroatoms. The highest BCUT2D eigenvalue weighted by Crippen LogP contribution is 2.50. The molecule has 0 bridgehead atoms. The first-order valence-electron chi connectivity index (χ1n) is 12.4. The summed E-state index contributed by atoms with van der Waals surface area (Å²) in [5.74, 6) is -0.0800. The molecule has 3 rings (SSSR count). The Morgan fingerprint density at radius 1 is 1.00 bits per heavy atom. The number of nitrogens with zero attached hydrogens (tertiary/aromatic N) is 1. The van der Waals surface area contributed by atoms with Crippen molar-refractivity contribution in [3.8, 4) is 6.07 Å². The van der Waals surface area contributed by atoms with Crippen LogP contribution in [0, 0.1) is 28.1 Å². The Bertz CT molecular complexity index is 536. The molecule has 0 aromatic rings. The third kappa shape index (κ3) is 6.69. The lowest BCUT2D eigenvalue weighted by atomic mass is 9.60. The zero-order valence-electron chi connectivity index (χ0n) is 19.3. The number of hydrogen-bond donors (Lipinski definition) is 1. The fourth-order valence-corrected chi connectivity index (χ4v) is 5.55. The molecule has 0 aromatic carbocycles. The Morgan fingerprint density at radius 2 is 1.60 bits per heavy atom. The standard InChI is InChI=1S/C14H26.C11H17NO4/c1-2-14(11-7-4-8-12-14)13-9-5-3-6-10-13;1-2-3-4-5-9-15-7-11(6-12,8-16-9)10(13)14/h13H,2-12H2,1H3;9H,2-5,7-8H2,1H3,(H,13,14)/t;9-,11+. The van der Waals surface area contributed by atoms with Gasteiger partial charge in [-0.2, -0.15) is 5.26 Å². The molecular weight excluding hydrogens is 378 g/mol. The van der Waals surface area contributed by atoms with Crippen molar-refractivity contribution in [3.05, 3.63) is 0 Å². The zero-order valence-corrected chi connectivity index (χ0v) is 19.3. The highest BCUT2D eigenvalue weighted by atomic mass is 16.7. The predicted molar refractivity (Wildman–Crippen MR) is 118 cm³/mol. The Morgan fingerprint density at radius 3 is 2.10 bits per heavy atom. The molecule has 1 N–H and O–H groups in total. The van der Waals surface area contributed by atoms with Gasteiger partial charge in [0.15, 0.2) is 6.29 Å². The van der Waals surface area contributed by atoms with E-state index in [1.807, 2.05) is 0 Å². The summed E-state index contributed by atoms with van der Waals surface area (Å²) in [5, 5.41) is 17.7. The van der Waals surface area contributed by atoms with Crippen molar-refractivity contribution in [2.24, 2.45) is 16.7 Å². The maximum atomic E-state index is 10.9. The summed E-state index contributed by atoms with van der Waals surface area (Å²) < 4.78 is 10.5. The second kappa shape index (κ2) is 12.7. The van der Waals surface area contributed by atoms with Crippen LogP contribution < -0.4 is 0 Å². The molecular formula is C25H43NO4. The lowest BCUT2D eigenvalue weighted by Gasteiger charge is -2.45. The number of hydrogen-bond acceptors (Lipinski definition) is 4. The molecule has 3 aliphatic rings. The van der Waals surface area contributed by atoms with Gasteiger partial charge in [0.2, 0.25) is 5.41 Å². The molecule has 1 aliphatic heterocycles. The highest BCUT2D eigenvalue weighted by molar-refractivity contribution is 5.78. The van der Waals surface area contributed by atoms with Gasteiger partial charge in [-0.1, -0.05) is 71.6 Å². The summed E-state index contributed by atoms with van der Waals surface area (Å²) in [6.07, 6.45) is 20.4. The topological polar surface area (TPSA) is 79.5 Å². The largest absolute Gasteiger partial charge is 0.480 e. The second-order valence-electron chi connectivity index (χ2n) is 9.66. The predicted octanol–water partition coefficient (Wildman–Crippen LogP) is 6.46. The number of nitriles is 1. The van der Waals surface area contributed by atoms with Gasteiger partial charge in [0, 0.05) is 0 Å². The molecule has 172 valence electrons. The van der Waals surface area contributed by atoms with Gasteiger partial charge >= 0.3 is 5.97 Å². The molecule has 1 heterocycles. The van der Waals surface area contributed by atoms with E-state index in [9.17, 15) is 4.79 Å². The smallest absolute Gasteiger partial charge is 0.328 e. The van der Waals surface area contributed by atoms with E-state index in [0.717, 1.165) is 37.0 Å². The molecule has 2 aliphatic carbocycles. The maximum Gasteiger partial charge on any atom is 0.328 e. The van der Waals surface area contributed by atoms with Gasteiger partial charge in [-0.05, 0) is 49.9 Å². The van der Waals surface area contributed by atoms with Crippen LogP contribution in [0.5, 0.6) is 0 Å². The van der Waals surface area contributed by atoms with E-state index in [0.29, 0.717) is 0 Å². The third-order valence-corrected chi connectivity index (χ3v) is 7.72. The van der Waals surface area contributed by atoms with Gasteiger partial charge < -0.3 is 14.6 Å². The van der Waals surface area contributed by atoms with Gasteiger partial charge in [0.1, 0.15) is 0 Å². The Kier molecular flexibility index (Phi) is 10.6. The summed E-state index contributed by atoms with van der Waals surface area (Å²) in [6.45, 7) is 4.37. The average molecular weight is 422 g/mol. The van der Waals surface area contributed by atoms with Crippen LogP contribution >= 0.6 is 0 Å². The van der Waals surface area contributed by atoms with Gasteiger partial charge in [-0.3, -0.25) is 4.79 Å². The molecule has 2 saturated carbocycles. The van der Waals surface area contributed by atoms with Crippen LogP contribution in [0.3, 0.4) is 0 Å². The number of unbranched alkanes of at least 4 members (excludes halogenated alkanes) is 2. The lowest BCUT2D eigenvalue weighted by molar-refractivity contribution is -0.224. The monoisotopic (exact) mass is 421 g/mol. The van der Waals surface area contributed by atoms with E-state index >= 15 is 0 Å². The minimum atomic E-state index is -1.53. The number of rotatable bonds is 7. The summed E-state index contributed by atoms with van der Waals surface area (Å²) in [4.78, 5) is 10.9. The first-order chi connectivity index (χ1) is 14.5. The molecule has 5 nitrogen and oxygen atoms in total. The first-order valence-corrected chi connectivity index (χ1v) is 12.4. The summed E-state index contributed by atoms with van der Waals surface area (Å²) in [6, 6.07) is 1.76. The number of carboxylic acids is 1. The van der Waals surface area contributed by atoms with Crippen LogP contribution in [0.25, 0.3) is 0 Å². The molecule has 3 fully saturated rings. The molecule has 0 radical (unpaired) electrons. The van der Waals surface area contributed by atoms with Crippen LogP contribution in [0.4, 0.5) is 0 Å². The SMILES string of the molecule is CCC1(C2CCCCC2)CCCCC1.CCCCC[C@H]1OC[C@@](C#N)(C(=O)O)CO1. The van der Waals surface area contributed by atoms with Crippen LogP contribution in [0.15, 0.2) is 0 Å². The van der Waals surface area contributed by atoms with Crippen LogP contribution in [-0.2, 0) is 14.3 Å². The molecule has 30 heavy (non-hydrogen) atoms. The van der Waals surface area contributed by atoms with Gasteiger partial charge in [0.05, 0.1) is 19.3 Å². The van der Waals surface area contributed by atoms with Gasteiger partial charge in [-0.25, -0.2) is 0 Å². The van der Waals surface area contributed by atoms with Crippen molar-refractivity contribution in [1.29, 1.82) is 5.26 Å². The van der Waals surface area contributed by atoms with Crippen molar-refractivity contribution in [3.63, 3.8) is 0 Å². The number of carboxylic acid groups (broad SMARTS) is 1. The Labute approximate surface area is 183 Å². The molecule has 0 atom stereocenters. The summed E-state index contributed by atoms with van der Waals surface area (Å²) >= 11 is 0. The fourth-order valence-electron chi connectivity index (χ4n) is 5.55. The van der Waals surface area contributed by atoms with E-state index in [4.69, 9.17) is 19.8 Å². The summed E-state index contributed by atoms with van der Waals surface area (Å²) in [7, 11) is 0. The minimum Gasteiger partial charge on any atom is -0.480 e. The number of aliphatic carboxylic acids is 1. The molecule has 0 amide bonds. The van der Waals surface area contributed by atoms with E-state index in [1.165, 1.54) is 44.9 Å². The molecule has 1 saturated heterocycles. The quantitative estimate of drug-likeness (QED) is 0.477. The van der Waals surface area contributed by atoms with E-state index in [2.05, 4.69) is 13.8 Å². The fraction of sp³-hybridized carbons (Fsp3) is 0.920. The van der Waals surface area contributed by atoms with E-state index in [1.54, 1.807) is 31.8 Å². The van der Waals surface area contributed by atoms with Crippen molar-refractivity contribution in [1.82, 2.24) is 0 Å². The van der Waals surface area contributed by atoms with Crippen molar-refractivity contribution >= 4 is 5.97 Å². The number of ether oxygens (including phenoxy) is 2. The van der Waals surface area contributed by atoms with Crippen LogP contribution in [0.1, 0.15) is 110 Å². The van der Waals surface area contributed by atoms with Gasteiger partial charge in [0.25, 0.3) is 0 Å². The van der Waals surface area contributed by atoms with Crippen molar-refractivity contribution in [2.45, 2.75) is 116 Å². The maximum absolute atomic E-state index is 10.9. The van der Waals surface area contributed by atoms with Gasteiger partial charge in [-0.15, -0.1) is 0 Å². The minimum absolute atomic E-state index is 0.0877. The highest BCUT2D eigenvalue weighted by Gasteiger charge is 2.44. The van der Waals surface area contributed by atoms with E-state index in [-0.39, 0.29) is 19.5 Å². The van der Waals surface area contributed by atoms with Crippen LogP contribution in [-0.4, -0.2) is 30.6 Å². The lowest BCUT2D eigenvalue weighted by Crippen LogP contribution is -2.46. The molecule has 0 aromatic heterocycles. The Balaban J connectivity index is 0.000000215. The van der Waals surface area contributed by atoms with Crippen molar-refractivity contribution in [2.75, 3.05) is 13.2 Å². The Hall–Kier alpha value is -1.12. The van der Waals surface area contributed by atoms with Crippen molar-refractivity contribution < 1.29 is 19.4 Å². The average Bonchev–Trinajstić information content (AvgIpc) is 2.81. The molecule has 0 spiro atoms. The molecule has 0 unspecified atom stereocenters. The zero-order chi connectivity index (χ0) is 21.9. The first kappa shape index (κ1) is 25.1. The number of carbonyl (C=O) groups is 1.